The molecule has 1 aliphatic rings. The molecule has 2 aromatic carbocycles. The number of anilines is 2. The average molecular weight is 504 g/mol. The molecule has 0 saturated carbocycles. The molecule has 0 spiro atoms. The molecule has 0 aliphatic carbocycles. The predicted molar refractivity (Wildman–Crippen MR) is 143 cm³/mol. The van der Waals surface area contributed by atoms with Gasteiger partial charge in [0.15, 0.2) is 0 Å². The molecule has 36 heavy (non-hydrogen) atoms. The summed E-state index contributed by atoms with van der Waals surface area (Å²) in [7, 11) is 0. The van der Waals surface area contributed by atoms with E-state index in [-0.39, 0.29) is 5.91 Å². The zero-order valence-electron chi connectivity index (χ0n) is 20.6. The lowest BCUT2D eigenvalue weighted by atomic mass is 10.1. The fourth-order valence-electron chi connectivity index (χ4n) is 4.45. The van der Waals surface area contributed by atoms with Crippen molar-refractivity contribution in [3.63, 3.8) is 0 Å². The second kappa shape index (κ2) is 10.5. The Hall–Kier alpha value is -3.65. The summed E-state index contributed by atoms with van der Waals surface area (Å²) in [6.07, 6.45) is 1.29. The zero-order valence-corrected chi connectivity index (χ0v) is 21.3. The Bertz CT molecular complexity index is 1340. The van der Waals surface area contributed by atoms with Crippen molar-refractivity contribution in [2.45, 2.75) is 33.2 Å². The highest BCUT2D eigenvalue weighted by Crippen LogP contribution is 2.27. The number of fused-ring (bicyclic) bond motifs is 1. The van der Waals surface area contributed by atoms with Crippen LogP contribution in [0, 0.1) is 13.8 Å². The number of aromatic nitrogens is 4. The average Bonchev–Trinajstić information content (AvgIpc) is 3.23. The quantitative estimate of drug-likeness (QED) is 0.385. The Labute approximate surface area is 215 Å². The molecule has 1 fully saturated rings. The van der Waals surface area contributed by atoms with Crippen LogP contribution in [-0.4, -0.2) is 56.9 Å². The third kappa shape index (κ3) is 5.44. The molecule has 186 valence electrons. The molecule has 3 heterocycles. The number of H-pyrrole nitrogens is 1. The highest BCUT2D eigenvalue weighted by molar-refractivity contribution is 6.31. The lowest BCUT2D eigenvalue weighted by Gasteiger charge is -2.35. The SMILES string of the molecule is Cc1nc(CNc2nc(N3CCN(C(=O)CCc4ccccc4)CC3)nc3ccc(Cl)cc23)[nH]c1C. The molecule has 0 unspecified atom stereocenters. The Morgan fingerprint density at radius 2 is 1.81 bits per heavy atom. The first kappa shape index (κ1) is 24.1. The van der Waals surface area contributed by atoms with E-state index in [0.29, 0.717) is 55.9 Å². The number of rotatable bonds is 7. The van der Waals surface area contributed by atoms with Crippen molar-refractivity contribution in [3.05, 3.63) is 76.3 Å². The summed E-state index contributed by atoms with van der Waals surface area (Å²) < 4.78 is 0. The van der Waals surface area contributed by atoms with Crippen molar-refractivity contribution in [2.24, 2.45) is 0 Å². The largest absolute Gasteiger partial charge is 0.362 e. The highest BCUT2D eigenvalue weighted by Gasteiger charge is 2.23. The normalized spacial score (nSPS) is 13.9. The molecular weight excluding hydrogens is 474 g/mol. The summed E-state index contributed by atoms with van der Waals surface area (Å²) in [6.45, 7) is 7.19. The molecule has 1 aliphatic heterocycles. The van der Waals surface area contributed by atoms with Gasteiger partial charge in [0.25, 0.3) is 0 Å². The number of hydrogen-bond acceptors (Lipinski definition) is 6. The molecule has 0 atom stereocenters. The van der Waals surface area contributed by atoms with E-state index in [1.54, 1.807) is 0 Å². The van der Waals surface area contributed by atoms with Gasteiger partial charge in [0.2, 0.25) is 11.9 Å². The van der Waals surface area contributed by atoms with Crippen LogP contribution in [0.1, 0.15) is 29.2 Å². The van der Waals surface area contributed by atoms with Gasteiger partial charge in [0.05, 0.1) is 17.8 Å². The first-order valence-corrected chi connectivity index (χ1v) is 12.6. The Kier molecular flexibility index (Phi) is 7.04. The van der Waals surface area contributed by atoms with Gasteiger partial charge in [-0.3, -0.25) is 4.79 Å². The van der Waals surface area contributed by atoms with Gasteiger partial charge in [-0.1, -0.05) is 41.9 Å². The van der Waals surface area contributed by atoms with Crippen LogP contribution >= 0.6 is 11.6 Å². The fraction of sp³-hybridized carbons (Fsp3) is 0.333. The van der Waals surface area contributed by atoms with E-state index >= 15 is 0 Å². The maximum atomic E-state index is 12.8. The second-order valence-corrected chi connectivity index (χ2v) is 9.57. The summed E-state index contributed by atoms with van der Waals surface area (Å²) in [5.74, 6) is 2.41. The van der Waals surface area contributed by atoms with Gasteiger partial charge in [-0.25, -0.2) is 9.97 Å². The Balaban J connectivity index is 1.28. The van der Waals surface area contributed by atoms with E-state index < -0.39 is 0 Å². The Morgan fingerprint density at radius 1 is 1.03 bits per heavy atom. The molecule has 2 N–H and O–H groups in total. The fourth-order valence-corrected chi connectivity index (χ4v) is 4.62. The number of hydrogen-bond donors (Lipinski definition) is 2. The molecule has 0 bridgehead atoms. The van der Waals surface area contributed by atoms with Gasteiger partial charge in [0, 0.05) is 48.7 Å². The number of imidazole rings is 1. The van der Waals surface area contributed by atoms with E-state index in [0.717, 1.165) is 34.5 Å². The topological polar surface area (TPSA) is 90.0 Å². The van der Waals surface area contributed by atoms with Crippen LogP contribution in [0.25, 0.3) is 10.9 Å². The van der Waals surface area contributed by atoms with Crippen LogP contribution in [0.3, 0.4) is 0 Å². The van der Waals surface area contributed by atoms with Gasteiger partial charge >= 0.3 is 0 Å². The van der Waals surface area contributed by atoms with E-state index in [1.807, 2.05) is 55.1 Å². The van der Waals surface area contributed by atoms with Gasteiger partial charge in [-0.15, -0.1) is 0 Å². The number of nitrogens with zero attached hydrogens (tertiary/aromatic N) is 5. The van der Waals surface area contributed by atoms with Crippen LogP contribution in [0.5, 0.6) is 0 Å². The van der Waals surface area contributed by atoms with E-state index in [2.05, 4.69) is 32.3 Å². The van der Waals surface area contributed by atoms with Crippen molar-refractivity contribution >= 4 is 40.2 Å². The van der Waals surface area contributed by atoms with Crippen LogP contribution in [0.4, 0.5) is 11.8 Å². The number of carbonyl (C=O) groups is 1. The monoisotopic (exact) mass is 503 g/mol. The number of benzene rings is 2. The number of piperazine rings is 1. The van der Waals surface area contributed by atoms with Crippen molar-refractivity contribution in [3.8, 4) is 0 Å². The minimum atomic E-state index is 0.193. The zero-order chi connectivity index (χ0) is 25.1. The third-order valence-corrected chi connectivity index (χ3v) is 6.87. The van der Waals surface area contributed by atoms with Gasteiger partial charge in [-0.2, -0.15) is 4.98 Å². The maximum absolute atomic E-state index is 12.8. The number of carbonyl (C=O) groups excluding carboxylic acids is 1. The second-order valence-electron chi connectivity index (χ2n) is 9.13. The molecule has 2 aromatic heterocycles. The number of nitrogens with one attached hydrogen (secondary N) is 2. The molecular formula is C27H30ClN7O. The minimum absolute atomic E-state index is 0.193. The Morgan fingerprint density at radius 3 is 2.53 bits per heavy atom. The first-order chi connectivity index (χ1) is 17.5. The molecule has 4 aromatic rings. The van der Waals surface area contributed by atoms with Gasteiger partial charge in [-0.05, 0) is 44.0 Å². The molecule has 0 radical (unpaired) electrons. The molecule has 1 amide bonds. The first-order valence-electron chi connectivity index (χ1n) is 12.3. The smallest absolute Gasteiger partial charge is 0.228 e. The van der Waals surface area contributed by atoms with Crippen molar-refractivity contribution in [1.29, 1.82) is 0 Å². The highest BCUT2D eigenvalue weighted by atomic mass is 35.5. The number of aromatic amines is 1. The van der Waals surface area contributed by atoms with Gasteiger partial charge < -0.3 is 20.1 Å². The lowest BCUT2D eigenvalue weighted by molar-refractivity contribution is -0.131. The summed E-state index contributed by atoms with van der Waals surface area (Å²) in [6, 6.07) is 15.8. The summed E-state index contributed by atoms with van der Waals surface area (Å²) in [5, 5.41) is 4.91. The molecule has 5 rings (SSSR count). The number of halogens is 1. The summed E-state index contributed by atoms with van der Waals surface area (Å²) >= 11 is 6.28. The van der Waals surface area contributed by atoms with Crippen LogP contribution in [0.2, 0.25) is 5.02 Å². The van der Waals surface area contributed by atoms with Crippen LogP contribution in [-0.2, 0) is 17.8 Å². The number of amides is 1. The number of aryl methyl sites for hydroxylation is 3. The predicted octanol–water partition coefficient (Wildman–Crippen LogP) is 4.52. The molecule has 1 saturated heterocycles. The van der Waals surface area contributed by atoms with Gasteiger partial charge in [0.1, 0.15) is 11.6 Å². The standard InChI is InChI=1S/C27H30ClN7O/c1-18-19(2)31-24(30-18)17-29-26-22-16-21(28)9-10-23(22)32-27(33-26)35-14-12-34(13-15-35)25(36)11-8-20-6-4-3-5-7-20/h3-7,9-10,16H,8,11-15,17H2,1-2H3,(H,30,31)(H,29,32,33). The van der Waals surface area contributed by atoms with E-state index in [4.69, 9.17) is 21.6 Å². The third-order valence-electron chi connectivity index (χ3n) is 6.63. The van der Waals surface area contributed by atoms with Crippen LogP contribution < -0.4 is 10.2 Å². The molecule has 8 nitrogen and oxygen atoms in total. The summed E-state index contributed by atoms with van der Waals surface area (Å²) in [4.78, 5) is 34.4. The molecule has 9 heteroatoms. The van der Waals surface area contributed by atoms with Crippen molar-refractivity contribution in [1.82, 2.24) is 24.8 Å². The van der Waals surface area contributed by atoms with E-state index in [1.165, 1.54) is 5.56 Å². The van der Waals surface area contributed by atoms with Crippen molar-refractivity contribution < 1.29 is 4.79 Å². The van der Waals surface area contributed by atoms with Crippen LogP contribution in [0.15, 0.2) is 48.5 Å². The maximum Gasteiger partial charge on any atom is 0.228 e. The van der Waals surface area contributed by atoms with E-state index in [9.17, 15) is 4.79 Å². The van der Waals surface area contributed by atoms with Crippen molar-refractivity contribution in [2.75, 3.05) is 36.4 Å². The lowest BCUT2D eigenvalue weighted by Crippen LogP contribution is -2.49. The summed E-state index contributed by atoms with van der Waals surface area (Å²) in [5.41, 5.74) is 4.05. The minimum Gasteiger partial charge on any atom is -0.362 e.